The number of rotatable bonds is 4. The first kappa shape index (κ1) is 11.8. The van der Waals surface area contributed by atoms with E-state index in [2.05, 4.69) is 43.0 Å². The monoisotopic (exact) mass is 284 g/mol. The van der Waals surface area contributed by atoms with Crippen molar-refractivity contribution in [2.45, 2.75) is 13.3 Å². The molecule has 0 radical (unpaired) electrons. The fourth-order valence-corrected chi connectivity index (χ4v) is 2.35. The molecule has 16 heavy (non-hydrogen) atoms. The third kappa shape index (κ3) is 3.15. The average molecular weight is 285 g/mol. The van der Waals surface area contributed by atoms with E-state index in [1.165, 1.54) is 19.5 Å². The molecule has 5 heteroatoms. The number of halogens is 1. The molecule has 1 aromatic heterocycles. The number of aromatic nitrogens is 2. The van der Waals surface area contributed by atoms with Crippen LogP contribution in [0.5, 0.6) is 0 Å². The molecule has 1 atom stereocenters. The third-order valence-corrected chi connectivity index (χ3v) is 3.46. The summed E-state index contributed by atoms with van der Waals surface area (Å²) in [5.74, 6) is 1.64. The van der Waals surface area contributed by atoms with Gasteiger partial charge in [-0.25, -0.2) is 9.97 Å². The summed E-state index contributed by atoms with van der Waals surface area (Å²) in [6, 6.07) is 1.91. The van der Waals surface area contributed by atoms with Gasteiger partial charge in [0.2, 0.25) is 0 Å². The zero-order valence-electron chi connectivity index (χ0n) is 9.49. The fraction of sp³-hybridized carbons (Fsp3) is 0.636. The van der Waals surface area contributed by atoms with Crippen molar-refractivity contribution in [2.75, 3.05) is 31.5 Å². The smallest absolute Gasteiger partial charge is 0.130 e. The second kappa shape index (κ2) is 5.59. The number of anilines is 1. The lowest BCUT2D eigenvalue weighted by atomic mass is 10.1. The van der Waals surface area contributed by atoms with Crippen molar-refractivity contribution in [3.63, 3.8) is 0 Å². The molecule has 2 rings (SSSR count). The van der Waals surface area contributed by atoms with Gasteiger partial charge in [0.25, 0.3) is 0 Å². The van der Waals surface area contributed by atoms with Crippen LogP contribution in [-0.2, 0) is 0 Å². The van der Waals surface area contributed by atoms with Crippen LogP contribution in [-0.4, -0.2) is 41.0 Å². The molecule has 4 nitrogen and oxygen atoms in total. The highest BCUT2D eigenvalue weighted by Crippen LogP contribution is 2.17. The van der Waals surface area contributed by atoms with Gasteiger partial charge in [-0.1, -0.05) is 6.92 Å². The molecule has 0 aromatic carbocycles. The molecule has 1 aliphatic rings. The maximum absolute atomic E-state index is 4.17. The Morgan fingerprint density at radius 2 is 2.44 bits per heavy atom. The van der Waals surface area contributed by atoms with Gasteiger partial charge in [-0.2, -0.15) is 0 Å². The van der Waals surface area contributed by atoms with Crippen LogP contribution in [0, 0.1) is 5.92 Å². The van der Waals surface area contributed by atoms with Crippen LogP contribution in [0.4, 0.5) is 5.82 Å². The molecule has 1 aliphatic heterocycles. The zero-order valence-corrected chi connectivity index (χ0v) is 11.1. The first-order chi connectivity index (χ1) is 7.78. The van der Waals surface area contributed by atoms with Gasteiger partial charge < -0.3 is 10.2 Å². The van der Waals surface area contributed by atoms with Crippen LogP contribution in [0.1, 0.15) is 13.3 Å². The van der Waals surface area contributed by atoms with Crippen LogP contribution in [0.25, 0.3) is 0 Å². The Morgan fingerprint density at radius 3 is 3.12 bits per heavy atom. The van der Waals surface area contributed by atoms with Gasteiger partial charge in [-0.3, -0.25) is 0 Å². The van der Waals surface area contributed by atoms with Gasteiger partial charge in [-0.05, 0) is 41.4 Å². The summed E-state index contributed by atoms with van der Waals surface area (Å²) >= 11 is 3.34. The van der Waals surface area contributed by atoms with Crippen LogP contribution >= 0.6 is 15.9 Å². The summed E-state index contributed by atoms with van der Waals surface area (Å²) in [6.45, 7) is 6.82. The number of nitrogens with one attached hydrogen (secondary N) is 1. The van der Waals surface area contributed by atoms with E-state index >= 15 is 0 Å². The summed E-state index contributed by atoms with van der Waals surface area (Å²) in [5, 5.41) is 3.36. The summed E-state index contributed by atoms with van der Waals surface area (Å²) in [5.41, 5.74) is 0. The van der Waals surface area contributed by atoms with E-state index in [-0.39, 0.29) is 0 Å². The highest BCUT2D eigenvalue weighted by molar-refractivity contribution is 9.10. The molecule has 1 N–H and O–H groups in total. The Bertz CT molecular complexity index is 345. The third-order valence-electron chi connectivity index (χ3n) is 3.02. The first-order valence-corrected chi connectivity index (χ1v) is 6.51. The van der Waals surface area contributed by atoms with Gasteiger partial charge >= 0.3 is 0 Å². The number of nitrogens with zero attached hydrogens (tertiary/aromatic N) is 3. The molecular weight excluding hydrogens is 268 g/mol. The molecule has 1 unspecified atom stereocenters. The second-order valence-electron chi connectivity index (χ2n) is 4.15. The van der Waals surface area contributed by atoms with E-state index in [1.807, 2.05) is 6.07 Å². The van der Waals surface area contributed by atoms with Crippen molar-refractivity contribution < 1.29 is 0 Å². The summed E-state index contributed by atoms with van der Waals surface area (Å²) < 4.78 is 0.826. The van der Waals surface area contributed by atoms with Crippen molar-refractivity contribution in [1.29, 1.82) is 0 Å². The standard InChI is InChI=1S/C11H17BrN4/c1-2-16-4-3-9(7-16)6-13-11-5-10(12)14-8-15-11/h5,8-9H,2-4,6-7H2,1H3,(H,13,14,15). The quantitative estimate of drug-likeness (QED) is 0.859. The fourth-order valence-electron chi connectivity index (χ4n) is 2.05. The van der Waals surface area contributed by atoms with E-state index in [9.17, 15) is 0 Å². The van der Waals surface area contributed by atoms with Crippen LogP contribution in [0.15, 0.2) is 17.0 Å². The predicted molar refractivity (Wildman–Crippen MR) is 68.4 cm³/mol. The number of hydrogen-bond donors (Lipinski definition) is 1. The molecule has 0 aliphatic carbocycles. The van der Waals surface area contributed by atoms with Gasteiger partial charge in [0.05, 0.1) is 0 Å². The Morgan fingerprint density at radius 1 is 1.56 bits per heavy atom. The average Bonchev–Trinajstić information content (AvgIpc) is 2.74. The number of likely N-dealkylation sites (tertiary alicyclic amines) is 1. The van der Waals surface area contributed by atoms with Crippen molar-refractivity contribution >= 4 is 21.7 Å². The molecule has 0 bridgehead atoms. The van der Waals surface area contributed by atoms with Crippen molar-refractivity contribution in [3.05, 3.63) is 17.0 Å². The summed E-state index contributed by atoms with van der Waals surface area (Å²) in [4.78, 5) is 10.7. The highest BCUT2D eigenvalue weighted by Gasteiger charge is 2.20. The highest BCUT2D eigenvalue weighted by atomic mass is 79.9. The molecular formula is C11H17BrN4. The van der Waals surface area contributed by atoms with Crippen molar-refractivity contribution in [2.24, 2.45) is 5.92 Å². The molecule has 2 heterocycles. The summed E-state index contributed by atoms with van der Waals surface area (Å²) in [6.07, 6.45) is 2.85. The van der Waals surface area contributed by atoms with E-state index in [0.29, 0.717) is 0 Å². The number of hydrogen-bond acceptors (Lipinski definition) is 4. The van der Waals surface area contributed by atoms with Crippen LogP contribution in [0.2, 0.25) is 0 Å². The van der Waals surface area contributed by atoms with Crippen molar-refractivity contribution in [1.82, 2.24) is 14.9 Å². The SMILES string of the molecule is CCN1CCC(CNc2cc(Br)ncn2)C1. The van der Waals surface area contributed by atoms with Gasteiger partial charge in [-0.15, -0.1) is 0 Å². The predicted octanol–water partition coefficient (Wildman–Crippen LogP) is 1.99. The molecule has 1 saturated heterocycles. The van der Waals surface area contributed by atoms with Gasteiger partial charge in [0.15, 0.2) is 0 Å². The molecule has 1 fully saturated rings. The Labute approximate surface area is 105 Å². The minimum atomic E-state index is 0.744. The van der Waals surface area contributed by atoms with Crippen LogP contribution in [0.3, 0.4) is 0 Å². The molecule has 88 valence electrons. The van der Waals surface area contributed by atoms with E-state index in [1.54, 1.807) is 6.33 Å². The maximum atomic E-state index is 4.17. The molecule has 0 amide bonds. The summed E-state index contributed by atoms with van der Waals surface area (Å²) in [7, 11) is 0. The minimum absolute atomic E-state index is 0.744. The Kier molecular flexibility index (Phi) is 4.12. The lowest BCUT2D eigenvalue weighted by Gasteiger charge is -2.13. The second-order valence-corrected chi connectivity index (χ2v) is 4.97. The van der Waals surface area contributed by atoms with Crippen molar-refractivity contribution in [3.8, 4) is 0 Å². The molecule has 1 aromatic rings. The van der Waals surface area contributed by atoms with E-state index in [0.717, 1.165) is 29.4 Å². The molecule has 0 saturated carbocycles. The van der Waals surface area contributed by atoms with Gasteiger partial charge in [0.1, 0.15) is 16.7 Å². The largest absolute Gasteiger partial charge is 0.370 e. The topological polar surface area (TPSA) is 41.0 Å². The van der Waals surface area contributed by atoms with Crippen LogP contribution < -0.4 is 5.32 Å². The lowest BCUT2D eigenvalue weighted by Crippen LogP contribution is -2.22. The lowest BCUT2D eigenvalue weighted by molar-refractivity contribution is 0.345. The maximum Gasteiger partial charge on any atom is 0.130 e. The van der Waals surface area contributed by atoms with Gasteiger partial charge in [0, 0.05) is 19.2 Å². The normalized spacial score (nSPS) is 21.2. The first-order valence-electron chi connectivity index (χ1n) is 5.71. The minimum Gasteiger partial charge on any atom is -0.370 e. The zero-order chi connectivity index (χ0) is 11.4. The Balaban J connectivity index is 1.80. The Hall–Kier alpha value is -0.680. The van der Waals surface area contributed by atoms with E-state index < -0.39 is 0 Å². The molecule has 0 spiro atoms. The van der Waals surface area contributed by atoms with E-state index in [4.69, 9.17) is 0 Å².